The maximum atomic E-state index is 5.58. The first-order valence-corrected chi connectivity index (χ1v) is 8.30. The molecule has 1 aliphatic heterocycles. The molecule has 23 heavy (non-hydrogen) atoms. The van der Waals surface area contributed by atoms with E-state index in [4.69, 9.17) is 4.74 Å². The largest absolute Gasteiger partial charge is 0.496 e. The fourth-order valence-corrected chi connectivity index (χ4v) is 3.00. The quantitative estimate of drug-likeness (QED) is 0.762. The molecule has 0 spiro atoms. The molecular weight excluding hydrogens is 284 g/mol. The second-order valence-corrected chi connectivity index (χ2v) is 6.02. The van der Waals surface area contributed by atoms with Gasteiger partial charge in [0.1, 0.15) is 5.75 Å². The molecule has 0 aromatic heterocycles. The van der Waals surface area contributed by atoms with Crippen molar-refractivity contribution in [2.24, 2.45) is 4.99 Å². The summed E-state index contributed by atoms with van der Waals surface area (Å²) in [6.45, 7) is 4.35. The van der Waals surface area contributed by atoms with E-state index in [1.807, 2.05) is 24.4 Å². The van der Waals surface area contributed by atoms with E-state index in [0.717, 1.165) is 30.1 Å². The van der Waals surface area contributed by atoms with Gasteiger partial charge in [-0.05, 0) is 49.9 Å². The van der Waals surface area contributed by atoms with Gasteiger partial charge in [-0.2, -0.15) is 0 Å². The third-order valence-electron chi connectivity index (χ3n) is 4.40. The van der Waals surface area contributed by atoms with Crippen molar-refractivity contribution in [2.75, 3.05) is 25.1 Å². The predicted octanol–water partition coefficient (Wildman–Crippen LogP) is 4.74. The summed E-state index contributed by atoms with van der Waals surface area (Å²) < 4.78 is 5.58. The van der Waals surface area contributed by atoms with Crippen LogP contribution in [-0.4, -0.2) is 26.4 Å². The highest BCUT2D eigenvalue weighted by molar-refractivity contribution is 5.86. The molecule has 1 fully saturated rings. The number of para-hydroxylation sites is 1. The molecule has 0 saturated carbocycles. The van der Waals surface area contributed by atoms with Crippen molar-refractivity contribution in [3.8, 4) is 5.75 Å². The number of anilines is 1. The lowest BCUT2D eigenvalue weighted by molar-refractivity contribution is 0.414. The lowest BCUT2D eigenvalue weighted by atomic mass is 10.1. The third-order valence-corrected chi connectivity index (χ3v) is 4.40. The molecular formula is C20H24N2O. The van der Waals surface area contributed by atoms with Crippen molar-refractivity contribution in [1.82, 2.24) is 0 Å². The van der Waals surface area contributed by atoms with Crippen LogP contribution in [0, 0.1) is 6.92 Å². The van der Waals surface area contributed by atoms with E-state index in [1.165, 1.54) is 30.5 Å². The van der Waals surface area contributed by atoms with Gasteiger partial charge >= 0.3 is 0 Å². The summed E-state index contributed by atoms with van der Waals surface area (Å²) in [6, 6.07) is 14.5. The van der Waals surface area contributed by atoms with Crippen LogP contribution in [0.25, 0.3) is 0 Å². The minimum absolute atomic E-state index is 0.880. The van der Waals surface area contributed by atoms with Gasteiger partial charge in [0, 0.05) is 36.6 Å². The Bertz CT molecular complexity index is 688. The van der Waals surface area contributed by atoms with Gasteiger partial charge < -0.3 is 9.64 Å². The van der Waals surface area contributed by atoms with Crippen LogP contribution in [0.3, 0.4) is 0 Å². The average molecular weight is 308 g/mol. The number of methoxy groups -OCH3 is 1. The maximum Gasteiger partial charge on any atom is 0.129 e. The second-order valence-electron chi connectivity index (χ2n) is 6.02. The van der Waals surface area contributed by atoms with E-state index < -0.39 is 0 Å². The summed E-state index contributed by atoms with van der Waals surface area (Å²) >= 11 is 0. The fourth-order valence-electron chi connectivity index (χ4n) is 3.00. The Labute approximate surface area is 138 Å². The molecule has 1 heterocycles. The van der Waals surface area contributed by atoms with Crippen molar-refractivity contribution < 1.29 is 4.74 Å². The van der Waals surface area contributed by atoms with E-state index in [1.54, 1.807) is 7.11 Å². The second kappa shape index (κ2) is 7.32. The molecule has 0 aliphatic carbocycles. The Hall–Kier alpha value is -2.29. The number of aryl methyl sites for hydroxylation is 1. The van der Waals surface area contributed by atoms with Crippen LogP contribution in [-0.2, 0) is 0 Å². The monoisotopic (exact) mass is 308 g/mol. The summed E-state index contributed by atoms with van der Waals surface area (Å²) in [7, 11) is 1.72. The van der Waals surface area contributed by atoms with E-state index in [2.05, 4.69) is 41.1 Å². The van der Waals surface area contributed by atoms with E-state index in [0.29, 0.717) is 0 Å². The van der Waals surface area contributed by atoms with Gasteiger partial charge in [-0.3, -0.25) is 4.99 Å². The number of nitrogens with zero attached hydrogens (tertiary/aromatic N) is 2. The Kier molecular flexibility index (Phi) is 4.96. The van der Waals surface area contributed by atoms with Crippen LogP contribution < -0.4 is 9.64 Å². The summed E-state index contributed by atoms with van der Waals surface area (Å²) in [5.41, 5.74) is 4.42. The zero-order chi connectivity index (χ0) is 16.1. The smallest absolute Gasteiger partial charge is 0.129 e. The highest BCUT2D eigenvalue weighted by atomic mass is 16.5. The van der Waals surface area contributed by atoms with Crippen molar-refractivity contribution in [2.45, 2.75) is 26.2 Å². The first kappa shape index (κ1) is 15.6. The van der Waals surface area contributed by atoms with Gasteiger partial charge in [-0.15, -0.1) is 0 Å². The number of hydrogen-bond donors (Lipinski definition) is 0. The summed E-state index contributed by atoms with van der Waals surface area (Å²) in [6.07, 6.45) is 5.79. The predicted molar refractivity (Wildman–Crippen MR) is 97.5 cm³/mol. The Morgan fingerprint density at radius 1 is 1.04 bits per heavy atom. The maximum absolute atomic E-state index is 5.58. The van der Waals surface area contributed by atoms with Gasteiger partial charge in [-0.1, -0.05) is 18.2 Å². The van der Waals surface area contributed by atoms with Gasteiger partial charge in [0.15, 0.2) is 0 Å². The zero-order valence-corrected chi connectivity index (χ0v) is 14.0. The molecule has 0 bridgehead atoms. The molecule has 0 radical (unpaired) electrons. The van der Waals surface area contributed by atoms with Crippen LogP contribution in [0.1, 0.15) is 30.4 Å². The van der Waals surface area contributed by atoms with E-state index >= 15 is 0 Å². The fraction of sp³-hybridized carbons (Fsp3) is 0.350. The van der Waals surface area contributed by atoms with Gasteiger partial charge in [0.2, 0.25) is 0 Å². The Balaban J connectivity index is 1.83. The molecule has 120 valence electrons. The number of rotatable bonds is 4. The molecule has 3 rings (SSSR count). The number of hydrogen-bond acceptors (Lipinski definition) is 3. The molecule has 0 amide bonds. The Morgan fingerprint density at radius 2 is 1.83 bits per heavy atom. The lowest BCUT2D eigenvalue weighted by Crippen LogP contribution is -2.29. The molecule has 1 aliphatic rings. The van der Waals surface area contributed by atoms with Gasteiger partial charge in [-0.25, -0.2) is 0 Å². The highest BCUT2D eigenvalue weighted by Crippen LogP contribution is 2.27. The molecule has 0 atom stereocenters. The standard InChI is InChI=1S/C20H24N2O/c1-16-8-4-5-9-19(16)21-15-17-10-11-18(14-20(17)23-2)22-12-6-3-7-13-22/h4-5,8-11,14-15H,3,6-7,12-13H2,1-2H3. The summed E-state index contributed by atoms with van der Waals surface area (Å²) in [4.78, 5) is 7.05. The molecule has 0 unspecified atom stereocenters. The first-order chi connectivity index (χ1) is 11.3. The molecule has 3 nitrogen and oxygen atoms in total. The van der Waals surface area contributed by atoms with Gasteiger partial charge in [0.05, 0.1) is 12.8 Å². The van der Waals surface area contributed by atoms with Crippen LogP contribution in [0.15, 0.2) is 47.5 Å². The number of ether oxygens (including phenoxy) is 1. The van der Waals surface area contributed by atoms with Crippen LogP contribution in [0.4, 0.5) is 11.4 Å². The highest BCUT2D eigenvalue weighted by Gasteiger charge is 2.12. The minimum Gasteiger partial charge on any atom is -0.496 e. The Morgan fingerprint density at radius 3 is 2.57 bits per heavy atom. The molecule has 0 N–H and O–H groups in total. The summed E-state index contributed by atoms with van der Waals surface area (Å²) in [5.74, 6) is 0.880. The van der Waals surface area contributed by atoms with Crippen LogP contribution in [0.5, 0.6) is 5.75 Å². The normalized spacial score (nSPS) is 15.1. The first-order valence-electron chi connectivity index (χ1n) is 8.30. The number of piperidine rings is 1. The molecule has 2 aromatic carbocycles. The van der Waals surface area contributed by atoms with Crippen molar-refractivity contribution in [3.63, 3.8) is 0 Å². The van der Waals surface area contributed by atoms with E-state index in [-0.39, 0.29) is 0 Å². The average Bonchev–Trinajstić information content (AvgIpc) is 2.61. The summed E-state index contributed by atoms with van der Waals surface area (Å²) in [5, 5.41) is 0. The lowest BCUT2D eigenvalue weighted by Gasteiger charge is -2.29. The minimum atomic E-state index is 0.880. The number of aliphatic imine (C=N–C) groups is 1. The zero-order valence-electron chi connectivity index (χ0n) is 14.0. The van der Waals surface area contributed by atoms with Crippen molar-refractivity contribution in [1.29, 1.82) is 0 Å². The van der Waals surface area contributed by atoms with Crippen LogP contribution in [0.2, 0.25) is 0 Å². The third kappa shape index (κ3) is 3.73. The van der Waals surface area contributed by atoms with Crippen molar-refractivity contribution >= 4 is 17.6 Å². The molecule has 3 heteroatoms. The SMILES string of the molecule is COc1cc(N2CCCCC2)ccc1C=Nc1ccccc1C. The number of benzene rings is 2. The topological polar surface area (TPSA) is 24.8 Å². The van der Waals surface area contributed by atoms with Gasteiger partial charge in [0.25, 0.3) is 0 Å². The van der Waals surface area contributed by atoms with Crippen molar-refractivity contribution in [3.05, 3.63) is 53.6 Å². The van der Waals surface area contributed by atoms with E-state index in [9.17, 15) is 0 Å². The molecule has 1 saturated heterocycles. The molecule has 2 aromatic rings. The van der Waals surface area contributed by atoms with Crippen LogP contribution >= 0.6 is 0 Å².